The Morgan fingerprint density at radius 3 is 1.79 bits per heavy atom. The zero-order chi connectivity index (χ0) is 19.4. The summed E-state index contributed by atoms with van der Waals surface area (Å²) >= 11 is 0. The lowest BCUT2D eigenvalue weighted by atomic mass is 9.93. The molecule has 4 nitrogen and oxygen atoms in total. The molecule has 1 heterocycles. The topological polar surface area (TPSA) is 63.8 Å². The number of hydrogen-bond donors (Lipinski definition) is 2. The molecule has 2 saturated carbocycles. The lowest BCUT2D eigenvalue weighted by molar-refractivity contribution is 0.478. The van der Waals surface area contributed by atoms with Crippen molar-refractivity contribution in [3.05, 3.63) is 17.5 Å². The molecule has 0 radical (unpaired) electrons. The van der Waals surface area contributed by atoms with Crippen LogP contribution in [0.5, 0.6) is 0 Å². The molecule has 0 saturated heterocycles. The lowest BCUT2D eigenvalue weighted by Crippen LogP contribution is -2.22. The molecule has 2 fully saturated rings. The van der Waals surface area contributed by atoms with Crippen molar-refractivity contribution in [2.45, 2.75) is 128 Å². The van der Waals surface area contributed by atoms with Crippen LogP contribution < -0.4 is 11.1 Å². The average molecular weight is 387 g/mol. The van der Waals surface area contributed by atoms with Crippen LogP contribution in [0, 0.1) is 0 Å². The summed E-state index contributed by atoms with van der Waals surface area (Å²) in [5.74, 6) is 1.41. The van der Waals surface area contributed by atoms with Crippen LogP contribution in [0.15, 0.2) is 6.20 Å². The highest BCUT2D eigenvalue weighted by atomic mass is 15.1. The predicted molar refractivity (Wildman–Crippen MR) is 119 cm³/mol. The van der Waals surface area contributed by atoms with Crippen molar-refractivity contribution in [2.75, 3.05) is 5.32 Å². The SMILES string of the molecule is NCc1cnc(NC2CCCCCCCCCCC2)nc1C1CCCCCC1. The van der Waals surface area contributed by atoms with E-state index in [1.54, 1.807) is 0 Å². The highest BCUT2D eigenvalue weighted by Gasteiger charge is 2.20. The molecule has 2 aliphatic carbocycles. The van der Waals surface area contributed by atoms with Crippen LogP contribution >= 0.6 is 0 Å². The summed E-state index contributed by atoms with van der Waals surface area (Å²) in [6.45, 7) is 0.551. The number of aromatic nitrogens is 2. The lowest BCUT2D eigenvalue weighted by Gasteiger charge is -2.22. The molecule has 0 spiro atoms. The Hall–Kier alpha value is -1.16. The minimum atomic E-state index is 0.519. The maximum atomic E-state index is 6.03. The standard InChI is InChI=1S/C24H42N4/c25-18-21-19-26-24(28-23(21)20-14-10-8-9-11-15-20)27-22-16-12-6-4-2-1-3-5-7-13-17-22/h19-20,22H,1-18,25H2,(H,26,27,28). The summed E-state index contributed by atoms with van der Waals surface area (Å²) < 4.78 is 0. The van der Waals surface area contributed by atoms with Gasteiger partial charge >= 0.3 is 0 Å². The molecule has 158 valence electrons. The van der Waals surface area contributed by atoms with Gasteiger partial charge in [0.05, 0.1) is 5.69 Å². The molecular formula is C24H42N4. The van der Waals surface area contributed by atoms with Gasteiger partial charge in [0.25, 0.3) is 0 Å². The second-order valence-electron chi connectivity index (χ2n) is 9.10. The van der Waals surface area contributed by atoms with Gasteiger partial charge in [0.1, 0.15) is 0 Å². The molecule has 28 heavy (non-hydrogen) atoms. The summed E-state index contributed by atoms with van der Waals surface area (Å²) in [7, 11) is 0. The van der Waals surface area contributed by atoms with Crippen molar-refractivity contribution in [1.29, 1.82) is 0 Å². The first-order chi connectivity index (χ1) is 13.9. The first-order valence-electron chi connectivity index (χ1n) is 12.2. The van der Waals surface area contributed by atoms with Crippen LogP contribution in [-0.2, 0) is 6.54 Å². The molecule has 0 bridgehead atoms. The second-order valence-corrected chi connectivity index (χ2v) is 9.10. The van der Waals surface area contributed by atoms with Crippen molar-refractivity contribution in [3.8, 4) is 0 Å². The van der Waals surface area contributed by atoms with Gasteiger partial charge in [0, 0.05) is 30.3 Å². The number of nitrogens with one attached hydrogen (secondary N) is 1. The van der Waals surface area contributed by atoms with Crippen molar-refractivity contribution in [2.24, 2.45) is 5.73 Å². The summed E-state index contributed by atoms with van der Waals surface area (Å²) in [5, 5.41) is 3.72. The van der Waals surface area contributed by atoms with Gasteiger partial charge in [-0.1, -0.05) is 83.5 Å². The monoisotopic (exact) mass is 386 g/mol. The van der Waals surface area contributed by atoms with Gasteiger partial charge in [-0.2, -0.15) is 0 Å². The molecule has 0 atom stereocenters. The van der Waals surface area contributed by atoms with E-state index in [1.165, 1.54) is 115 Å². The third-order valence-corrected chi connectivity index (χ3v) is 6.80. The van der Waals surface area contributed by atoms with Crippen LogP contribution in [-0.4, -0.2) is 16.0 Å². The smallest absolute Gasteiger partial charge is 0.223 e. The van der Waals surface area contributed by atoms with Crippen molar-refractivity contribution in [3.63, 3.8) is 0 Å². The first-order valence-corrected chi connectivity index (χ1v) is 12.2. The predicted octanol–water partition coefficient (Wildman–Crippen LogP) is 6.46. The Morgan fingerprint density at radius 1 is 0.750 bits per heavy atom. The fourth-order valence-corrected chi connectivity index (χ4v) is 5.04. The summed E-state index contributed by atoms with van der Waals surface area (Å²) in [6, 6.07) is 0.519. The second kappa shape index (κ2) is 12.4. The van der Waals surface area contributed by atoms with Crippen molar-refractivity contribution >= 4 is 5.95 Å². The van der Waals surface area contributed by atoms with Crippen molar-refractivity contribution in [1.82, 2.24) is 9.97 Å². The Balaban J connectivity index is 1.65. The van der Waals surface area contributed by atoms with Gasteiger partial charge in [-0.05, 0) is 25.7 Å². The molecule has 3 rings (SSSR count). The van der Waals surface area contributed by atoms with Crippen LogP contribution in [0.25, 0.3) is 0 Å². The maximum absolute atomic E-state index is 6.03. The fourth-order valence-electron chi connectivity index (χ4n) is 5.04. The van der Waals surface area contributed by atoms with E-state index in [1.807, 2.05) is 6.20 Å². The van der Waals surface area contributed by atoms with Crippen LogP contribution in [0.1, 0.15) is 126 Å². The minimum Gasteiger partial charge on any atom is -0.351 e. The molecule has 1 aromatic rings. The summed E-state index contributed by atoms with van der Waals surface area (Å²) in [6.07, 6.45) is 24.9. The quantitative estimate of drug-likeness (QED) is 0.583. The molecule has 0 unspecified atom stereocenters. The zero-order valence-electron chi connectivity index (χ0n) is 17.9. The van der Waals surface area contributed by atoms with E-state index < -0.39 is 0 Å². The molecule has 2 aliphatic rings. The van der Waals surface area contributed by atoms with E-state index in [0.29, 0.717) is 18.5 Å². The van der Waals surface area contributed by atoms with Crippen LogP contribution in [0.4, 0.5) is 5.95 Å². The highest BCUT2D eigenvalue weighted by Crippen LogP contribution is 2.32. The molecule has 4 heteroatoms. The first kappa shape index (κ1) is 21.5. The molecule has 0 amide bonds. The largest absolute Gasteiger partial charge is 0.351 e. The molecule has 0 aliphatic heterocycles. The van der Waals surface area contributed by atoms with Gasteiger partial charge in [0.2, 0.25) is 5.95 Å². The van der Waals surface area contributed by atoms with Gasteiger partial charge in [0.15, 0.2) is 0 Å². The van der Waals surface area contributed by atoms with Crippen LogP contribution in [0.2, 0.25) is 0 Å². The Bertz CT molecular complexity index is 540. The van der Waals surface area contributed by atoms with Gasteiger partial charge in [-0.15, -0.1) is 0 Å². The Labute approximate surface area is 172 Å². The van der Waals surface area contributed by atoms with E-state index in [2.05, 4.69) is 10.3 Å². The van der Waals surface area contributed by atoms with Gasteiger partial charge in [-0.3, -0.25) is 0 Å². The third kappa shape index (κ3) is 7.02. The number of anilines is 1. The van der Waals surface area contributed by atoms with E-state index in [0.717, 1.165) is 11.5 Å². The number of nitrogens with two attached hydrogens (primary N) is 1. The maximum Gasteiger partial charge on any atom is 0.223 e. The molecule has 1 aromatic heterocycles. The third-order valence-electron chi connectivity index (χ3n) is 6.80. The van der Waals surface area contributed by atoms with Gasteiger partial charge < -0.3 is 11.1 Å². The van der Waals surface area contributed by atoms with Gasteiger partial charge in [-0.25, -0.2) is 9.97 Å². The summed E-state index contributed by atoms with van der Waals surface area (Å²) in [5.41, 5.74) is 8.41. The van der Waals surface area contributed by atoms with Crippen LogP contribution in [0.3, 0.4) is 0 Å². The summed E-state index contributed by atoms with van der Waals surface area (Å²) in [4.78, 5) is 9.68. The number of nitrogens with zero attached hydrogens (tertiary/aromatic N) is 2. The Morgan fingerprint density at radius 2 is 1.25 bits per heavy atom. The number of hydrogen-bond acceptors (Lipinski definition) is 4. The average Bonchev–Trinajstić information content (AvgIpc) is 2.99. The zero-order valence-corrected chi connectivity index (χ0v) is 17.9. The Kier molecular flexibility index (Phi) is 9.55. The normalized spacial score (nSPS) is 22.0. The highest BCUT2D eigenvalue weighted by molar-refractivity contribution is 5.32. The van der Waals surface area contributed by atoms with Crippen molar-refractivity contribution < 1.29 is 0 Å². The van der Waals surface area contributed by atoms with E-state index in [9.17, 15) is 0 Å². The number of rotatable bonds is 4. The molecular weight excluding hydrogens is 344 g/mol. The fraction of sp³-hybridized carbons (Fsp3) is 0.833. The van der Waals surface area contributed by atoms with E-state index >= 15 is 0 Å². The molecule has 0 aromatic carbocycles. The molecule has 3 N–H and O–H groups in total. The van der Waals surface area contributed by atoms with E-state index in [4.69, 9.17) is 10.7 Å². The van der Waals surface area contributed by atoms with E-state index in [-0.39, 0.29) is 0 Å². The minimum absolute atomic E-state index is 0.519.